The van der Waals surface area contributed by atoms with E-state index in [2.05, 4.69) is 0 Å². The van der Waals surface area contributed by atoms with Gasteiger partial charge in [-0.25, -0.2) is 0 Å². The molecule has 1 unspecified atom stereocenters. The first-order chi connectivity index (χ1) is 8.74. The lowest BCUT2D eigenvalue weighted by Gasteiger charge is -2.26. The van der Waals surface area contributed by atoms with Gasteiger partial charge in [-0.1, -0.05) is 0 Å². The van der Waals surface area contributed by atoms with Crippen LogP contribution in [0.4, 0.5) is 0 Å². The van der Waals surface area contributed by atoms with Gasteiger partial charge in [0.25, 0.3) is 5.91 Å². The lowest BCUT2D eigenvalue weighted by Crippen LogP contribution is -2.43. The van der Waals surface area contributed by atoms with Gasteiger partial charge in [0.2, 0.25) is 0 Å². The SMILES string of the molecule is CCN(CC1CCCO1)C(=O)[C@@H]1CC[C@H](CN)O1.Cl. The van der Waals surface area contributed by atoms with Gasteiger partial charge in [-0.15, -0.1) is 12.4 Å². The summed E-state index contributed by atoms with van der Waals surface area (Å²) in [7, 11) is 0. The van der Waals surface area contributed by atoms with Crippen molar-refractivity contribution < 1.29 is 14.3 Å². The average molecular weight is 293 g/mol. The number of halogens is 1. The fraction of sp³-hybridized carbons (Fsp3) is 0.923. The molecule has 2 rings (SSSR count). The highest BCUT2D eigenvalue weighted by atomic mass is 35.5. The minimum absolute atomic E-state index is 0. The van der Waals surface area contributed by atoms with Crippen LogP contribution in [0.1, 0.15) is 32.6 Å². The van der Waals surface area contributed by atoms with E-state index in [1.807, 2.05) is 11.8 Å². The molecule has 2 saturated heterocycles. The van der Waals surface area contributed by atoms with Crippen LogP contribution in [0.5, 0.6) is 0 Å². The maximum Gasteiger partial charge on any atom is 0.251 e. The molecular weight excluding hydrogens is 268 g/mol. The number of carbonyl (C=O) groups is 1. The van der Waals surface area contributed by atoms with Gasteiger partial charge < -0.3 is 20.1 Å². The number of ether oxygens (including phenoxy) is 2. The highest BCUT2D eigenvalue weighted by Gasteiger charge is 2.33. The smallest absolute Gasteiger partial charge is 0.251 e. The van der Waals surface area contributed by atoms with Crippen LogP contribution in [0.2, 0.25) is 0 Å². The first kappa shape index (κ1) is 16.7. The summed E-state index contributed by atoms with van der Waals surface area (Å²) in [5, 5.41) is 0. The summed E-state index contributed by atoms with van der Waals surface area (Å²) < 4.78 is 11.2. The van der Waals surface area contributed by atoms with Crippen LogP contribution in [-0.4, -0.2) is 55.4 Å². The van der Waals surface area contributed by atoms with Crippen molar-refractivity contribution in [3.63, 3.8) is 0 Å². The van der Waals surface area contributed by atoms with E-state index in [0.29, 0.717) is 19.6 Å². The largest absolute Gasteiger partial charge is 0.376 e. The summed E-state index contributed by atoms with van der Waals surface area (Å²) in [5.74, 6) is 0.101. The van der Waals surface area contributed by atoms with Crippen LogP contribution in [0, 0.1) is 0 Å². The summed E-state index contributed by atoms with van der Waals surface area (Å²) in [6.45, 7) is 4.74. The molecule has 0 aliphatic carbocycles. The Morgan fingerprint density at radius 2 is 2.11 bits per heavy atom. The lowest BCUT2D eigenvalue weighted by atomic mass is 10.1. The predicted molar refractivity (Wildman–Crippen MR) is 75.4 cm³/mol. The Balaban J connectivity index is 0.00000180. The number of nitrogens with zero attached hydrogens (tertiary/aromatic N) is 1. The zero-order valence-corrected chi connectivity index (χ0v) is 12.4. The fourth-order valence-electron chi connectivity index (χ4n) is 2.67. The predicted octanol–water partition coefficient (Wildman–Crippen LogP) is 0.942. The summed E-state index contributed by atoms with van der Waals surface area (Å²) in [6, 6.07) is 0. The number of nitrogens with two attached hydrogens (primary N) is 1. The maximum atomic E-state index is 12.3. The van der Waals surface area contributed by atoms with Crippen molar-refractivity contribution in [2.24, 2.45) is 5.73 Å². The molecule has 2 aliphatic rings. The number of carbonyl (C=O) groups excluding carboxylic acids is 1. The van der Waals surface area contributed by atoms with Crippen LogP contribution in [0.3, 0.4) is 0 Å². The van der Waals surface area contributed by atoms with Crippen molar-refractivity contribution in [1.29, 1.82) is 0 Å². The van der Waals surface area contributed by atoms with Gasteiger partial charge in [-0.2, -0.15) is 0 Å². The minimum Gasteiger partial charge on any atom is -0.376 e. The summed E-state index contributed by atoms with van der Waals surface area (Å²) in [4.78, 5) is 14.2. The molecule has 0 bridgehead atoms. The summed E-state index contributed by atoms with van der Waals surface area (Å²) in [6.07, 6.45) is 3.82. The Morgan fingerprint density at radius 3 is 2.63 bits per heavy atom. The quantitative estimate of drug-likeness (QED) is 0.819. The van der Waals surface area contributed by atoms with E-state index in [-0.39, 0.29) is 36.6 Å². The number of hydrogen-bond acceptors (Lipinski definition) is 4. The zero-order valence-electron chi connectivity index (χ0n) is 11.5. The Kier molecular flexibility index (Phi) is 7.07. The van der Waals surface area contributed by atoms with Crippen molar-refractivity contribution in [3.05, 3.63) is 0 Å². The van der Waals surface area contributed by atoms with Gasteiger partial charge >= 0.3 is 0 Å². The minimum atomic E-state index is -0.292. The molecule has 0 spiro atoms. The van der Waals surface area contributed by atoms with E-state index in [0.717, 1.165) is 32.3 Å². The first-order valence-corrected chi connectivity index (χ1v) is 7.00. The highest BCUT2D eigenvalue weighted by Crippen LogP contribution is 2.22. The van der Waals surface area contributed by atoms with E-state index >= 15 is 0 Å². The van der Waals surface area contributed by atoms with Gasteiger partial charge in [0, 0.05) is 26.2 Å². The van der Waals surface area contributed by atoms with Crippen molar-refractivity contribution in [3.8, 4) is 0 Å². The van der Waals surface area contributed by atoms with Gasteiger partial charge in [0.15, 0.2) is 0 Å². The number of rotatable bonds is 5. The van der Waals surface area contributed by atoms with E-state index in [4.69, 9.17) is 15.2 Å². The number of hydrogen-bond donors (Lipinski definition) is 1. The first-order valence-electron chi connectivity index (χ1n) is 7.00. The van der Waals surface area contributed by atoms with Crippen molar-refractivity contribution >= 4 is 18.3 Å². The molecule has 2 heterocycles. The summed E-state index contributed by atoms with van der Waals surface area (Å²) in [5.41, 5.74) is 5.57. The van der Waals surface area contributed by atoms with E-state index in [9.17, 15) is 4.79 Å². The van der Waals surface area contributed by atoms with Crippen molar-refractivity contribution in [1.82, 2.24) is 4.90 Å². The molecular formula is C13H25ClN2O3. The fourth-order valence-corrected chi connectivity index (χ4v) is 2.67. The van der Waals surface area contributed by atoms with Crippen molar-refractivity contribution in [2.75, 3.05) is 26.2 Å². The van der Waals surface area contributed by atoms with E-state index < -0.39 is 0 Å². The van der Waals surface area contributed by atoms with Crippen LogP contribution >= 0.6 is 12.4 Å². The molecule has 0 aromatic heterocycles. The molecule has 2 fully saturated rings. The number of amides is 1. The molecule has 0 aromatic carbocycles. The third-order valence-electron chi connectivity index (χ3n) is 3.79. The van der Waals surface area contributed by atoms with E-state index in [1.54, 1.807) is 0 Å². The highest BCUT2D eigenvalue weighted by molar-refractivity contribution is 5.85. The molecule has 5 nitrogen and oxygen atoms in total. The van der Waals surface area contributed by atoms with Crippen LogP contribution in [0.25, 0.3) is 0 Å². The molecule has 6 heteroatoms. The second-order valence-electron chi connectivity index (χ2n) is 5.07. The van der Waals surface area contributed by atoms with E-state index in [1.165, 1.54) is 0 Å². The lowest BCUT2D eigenvalue weighted by molar-refractivity contribution is -0.144. The standard InChI is InChI=1S/C13H24N2O3.ClH/c1-2-15(9-11-4-3-7-17-11)13(16)12-6-5-10(8-14)18-12;/h10-12H,2-9,14H2,1H3;1H/t10-,11?,12+;/m1./s1. The topological polar surface area (TPSA) is 64.8 Å². The van der Waals surface area contributed by atoms with Gasteiger partial charge in [0.05, 0.1) is 12.2 Å². The third kappa shape index (κ3) is 4.31. The van der Waals surface area contributed by atoms with Gasteiger partial charge in [-0.05, 0) is 32.6 Å². The Bertz CT molecular complexity index is 285. The molecule has 2 N–H and O–H groups in total. The average Bonchev–Trinajstić information content (AvgIpc) is 3.06. The van der Waals surface area contributed by atoms with Crippen LogP contribution in [0.15, 0.2) is 0 Å². The molecule has 1 amide bonds. The molecule has 0 radical (unpaired) electrons. The number of likely N-dealkylation sites (N-methyl/N-ethyl adjacent to an activating group) is 1. The molecule has 2 aliphatic heterocycles. The van der Waals surface area contributed by atoms with Crippen LogP contribution < -0.4 is 5.73 Å². The normalized spacial score (nSPS) is 30.1. The third-order valence-corrected chi connectivity index (χ3v) is 3.79. The molecule has 0 saturated carbocycles. The molecule has 0 aromatic rings. The van der Waals surface area contributed by atoms with Crippen molar-refractivity contribution in [2.45, 2.75) is 50.9 Å². The Morgan fingerprint density at radius 1 is 1.32 bits per heavy atom. The Labute approximate surface area is 121 Å². The Hall–Kier alpha value is -0.360. The maximum absolute atomic E-state index is 12.3. The molecule has 112 valence electrons. The second-order valence-corrected chi connectivity index (χ2v) is 5.07. The monoisotopic (exact) mass is 292 g/mol. The van der Waals surface area contributed by atoms with Gasteiger partial charge in [-0.3, -0.25) is 4.79 Å². The van der Waals surface area contributed by atoms with Crippen LogP contribution in [-0.2, 0) is 14.3 Å². The second kappa shape index (κ2) is 8.04. The molecule has 19 heavy (non-hydrogen) atoms. The summed E-state index contributed by atoms with van der Waals surface area (Å²) >= 11 is 0. The van der Waals surface area contributed by atoms with Gasteiger partial charge in [0.1, 0.15) is 6.10 Å². The zero-order chi connectivity index (χ0) is 13.0. The molecule has 3 atom stereocenters.